The maximum absolute atomic E-state index is 4.24. The number of fused-ring (bicyclic) bond motifs is 2. The van der Waals surface area contributed by atoms with E-state index >= 15 is 0 Å². The lowest BCUT2D eigenvalue weighted by Gasteiger charge is -1.99. The fraction of sp³-hybridized carbons (Fsp3) is 0.0667. The SMILES string of the molecule is Cn1c(-c2ccc(/C=N/N=C/c3ccc(-c4c[n+]5ccccc5n4C)cc3)cc2)c[n+]2ccccc12.[Br-]. The van der Waals surface area contributed by atoms with E-state index in [1.165, 1.54) is 0 Å². The third-order valence-corrected chi connectivity index (χ3v) is 6.56. The second-order valence-corrected chi connectivity index (χ2v) is 8.81. The fourth-order valence-corrected chi connectivity index (χ4v) is 4.58. The molecule has 0 spiro atoms. The first-order valence-corrected chi connectivity index (χ1v) is 11.9. The summed E-state index contributed by atoms with van der Waals surface area (Å²) >= 11 is 0. The summed E-state index contributed by atoms with van der Waals surface area (Å²) in [6.45, 7) is 0. The summed E-state index contributed by atoms with van der Waals surface area (Å²) in [4.78, 5) is 0. The molecule has 0 fully saturated rings. The molecule has 0 aliphatic heterocycles. The number of benzene rings is 2. The van der Waals surface area contributed by atoms with Crippen molar-refractivity contribution in [2.75, 3.05) is 0 Å². The van der Waals surface area contributed by atoms with Crippen molar-refractivity contribution in [3.63, 3.8) is 0 Å². The number of rotatable bonds is 5. The van der Waals surface area contributed by atoms with Crippen molar-refractivity contribution in [3.8, 4) is 22.5 Å². The van der Waals surface area contributed by atoms with Gasteiger partial charge in [-0.25, -0.2) is 17.9 Å². The Balaban J connectivity index is 0.00000280. The predicted octanol–water partition coefficient (Wildman–Crippen LogP) is 1.63. The summed E-state index contributed by atoms with van der Waals surface area (Å²) in [5.41, 5.74) is 8.95. The van der Waals surface area contributed by atoms with E-state index in [0.717, 1.165) is 44.9 Å². The van der Waals surface area contributed by atoms with Gasteiger partial charge in [0.15, 0.2) is 11.4 Å². The molecular weight excluding hydrogens is 524 g/mol. The first kappa shape index (κ1) is 24.3. The van der Waals surface area contributed by atoms with Gasteiger partial charge in [-0.15, -0.1) is 0 Å². The maximum atomic E-state index is 4.24. The molecule has 2 aromatic carbocycles. The lowest BCUT2D eigenvalue weighted by molar-refractivity contribution is -0.510. The minimum Gasteiger partial charge on any atom is -1.00 e. The molecule has 0 aliphatic carbocycles. The summed E-state index contributed by atoms with van der Waals surface area (Å²) in [5.74, 6) is 0. The van der Waals surface area contributed by atoms with E-state index in [9.17, 15) is 0 Å². The molecule has 0 radical (unpaired) electrons. The average molecular weight is 550 g/mol. The Morgan fingerprint density at radius 2 is 0.973 bits per heavy atom. The molecule has 6 rings (SSSR count). The van der Waals surface area contributed by atoms with Crippen LogP contribution in [-0.2, 0) is 14.1 Å². The summed E-state index contributed by atoms with van der Waals surface area (Å²) in [5, 5.41) is 8.49. The van der Waals surface area contributed by atoms with Crippen LogP contribution in [0.4, 0.5) is 0 Å². The minimum absolute atomic E-state index is 0. The molecule has 0 saturated carbocycles. The molecule has 6 nitrogen and oxygen atoms in total. The Morgan fingerprint density at radius 1 is 0.568 bits per heavy atom. The minimum atomic E-state index is 0. The van der Waals surface area contributed by atoms with Crippen LogP contribution in [0.5, 0.6) is 0 Å². The molecule has 182 valence electrons. The predicted molar refractivity (Wildman–Crippen MR) is 143 cm³/mol. The largest absolute Gasteiger partial charge is 1.00 e. The molecule has 0 amide bonds. The van der Waals surface area contributed by atoms with Crippen molar-refractivity contribution >= 4 is 23.7 Å². The van der Waals surface area contributed by atoms with Gasteiger partial charge < -0.3 is 17.0 Å². The van der Waals surface area contributed by atoms with Crippen LogP contribution >= 0.6 is 0 Å². The second-order valence-electron chi connectivity index (χ2n) is 8.81. The number of nitrogens with zero attached hydrogens (tertiary/aromatic N) is 6. The van der Waals surface area contributed by atoms with Crippen molar-refractivity contribution in [1.29, 1.82) is 0 Å². The highest BCUT2D eigenvalue weighted by atomic mass is 79.9. The normalized spacial score (nSPS) is 11.6. The highest BCUT2D eigenvalue weighted by molar-refractivity contribution is 5.84. The number of imidazole rings is 2. The van der Waals surface area contributed by atoms with Crippen LogP contribution in [0.25, 0.3) is 33.8 Å². The fourth-order valence-electron chi connectivity index (χ4n) is 4.58. The van der Waals surface area contributed by atoms with E-state index in [4.69, 9.17) is 0 Å². The quantitative estimate of drug-likeness (QED) is 0.178. The van der Waals surface area contributed by atoms with Crippen molar-refractivity contribution in [3.05, 3.63) is 121 Å². The number of halogens is 1. The Hall–Kier alpha value is -4.36. The third kappa shape index (κ3) is 4.73. The van der Waals surface area contributed by atoms with Gasteiger partial charge in [-0.05, 0) is 47.5 Å². The molecule has 6 aromatic rings. The van der Waals surface area contributed by atoms with Crippen LogP contribution in [0.15, 0.2) is 120 Å². The van der Waals surface area contributed by atoms with Crippen LogP contribution in [0.2, 0.25) is 0 Å². The lowest BCUT2D eigenvalue weighted by atomic mass is 10.1. The van der Waals surface area contributed by atoms with Gasteiger partial charge in [0, 0.05) is 23.3 Å². The van der Waals surface area contributed by atoms with Crippen LogP contribution in [-0.4, -0.2) is 21.6 Å². The monoisotopic (exact) mass is 549 g/mol. The van der Waals surface area contributed by atoms with Gasteiger partial charge in [0.2, 0.25) is 0 Å². The van der Waals surface area contributed by atoms with E-state index in [0.29, 0.717) is 0 Å². The molecule has 0 N–H and O–H groups in total. The summed E-state index contributed by atoms with van der Waals surface area (Å²) < 4.78 is 8.65. The van der Waals surface area contributed by atoms with E-state index in [-0.39, 0.29) is 17.0 Å². The molecule has 0 aliphatic rings. The Bertz CT molecular complexity index is 1610. The highest BCUT2D eigenvalue weighted by Gasteiger charge is 2.16. The van der Waals surface area contributed by atoms with Crippen LogP contribution in [0.1, 0.15) is 11.1 Å². The summed E-state index contributed by atoms with van der Waals surface area (Å²) in [6.07, 6.45) is 12.0. The van der Waals surface area contributed by atoms with Gasteiger partial charge in [0.25, 0.3) is 11.3 Å². The second kappa shape index (κ2) is 10.3. The van der Waals surface area contributed by atoms with Gasteiger partial charge >= 0.3 is 0 Å². The zero-order valence-electron chi connectivity index (χ0n) is 20.6. The van der Waals surface area contributed by atoms with Crippen LogP contribution < -0.4 is 25.8 Å². The van der Waals surface area contributed by atoms with E-state index < -0.39 is 0 Å². The van der Waals surface area contributed by atoms with Crippen LogP contribution in [0.3, 0.4) is 0 Å². The lowest BCUT2D eigenvalue weighted by Crippen LogP contribution is -3.00. The van der Waals surface area contributed by atoms with Crippen molar-refractivity contribution in [2.24, 2.45) is 24.3 Å². The molecule has 0 bridgehead atoms. The topological polar surface area (TPSA) is 42.8 Å². The zero-order chi connectivity index (χ0) is 24.5. The van der Waals surface area contributed by atoms with E-state index in [2.05, 4.69) is 140 Å². The summed E-state index contributed by atoms with van der Waals surface area (Å²) in [6, 6.07) is 29.1. The first-order valence-electron chi connectivity index (χ1n) is 11.9. The number of hydrogen-bond acceptors (Lipinski definition) is 2. The number of aromatic nitrogens is 4. The molecule has 0 saturated heterocycles. The van der Waals surface area contributed by atoms with Gasteiger partial charge in [0.1, 0.15) is 12.4 Å². The molecule has 0 atom stereocenters. The van der Waals surface area contributed by atoms with Crippen molar-refractivity contribution in [1.82, 2.24) is 9.13 Å². The molecule has 4 heterocycles. The zero-order valence-corrected chi connectivity index (χ0v) is 22.2. The van der Waals surface area contributed by atoms with Crippen LogP contribution in [0, 0.1) is 0 Å². The smallest absolute Gasteiger partial charge is 0.286 e. The maximum Gasteiger partial charge on any atom is 0.286 e. The third-order valence-electron chi connectivity index (χ3n) is 6.56. The van der Waals surface area contributed by atoms with Gasteiger partial charge in [0.05, 0.1) is 38.9 Å². The highest BCUT2D eigenvalue weighted by Crippen LogP contribution is 2.21. The molecular formula is C30H26BrN6+. The number of pyridine rings is 2. The van der Waals surface area contributed by atoms with Crippen molar-refractivity contribution in [2.45, 2.75) is 0 Å². The Kier molecular flexibility index (Phi) is 6.79. The Morgan fingerprint density at radius 3 is 1.35 bits per heavy atom. The van der Waals surface area contributed by atoms with E-state index in [1.54, 1.807) is 12.4 Å². The molecule has 0 unspecified atom stereocenters. The average Bonchev–Trinajstić information content (AvgIpc) is 3.44. The molecule has 37 heavy (non-hydrogen) atoms. The van der Waals surface area contributed by atoms with E-state index in [1.807, 2.05) is 12.1 Å². The molecule has 4 aromatic heterocycles. The molecule has 7 heteroatoms. The summed E-state index contributed by atoms with van der Waals surface area (Å²) in [7, 11) is 4.17. The number of aryl methyl sites for hydroxylation is 2. The van der Waals surface area contributed by atoms with Crippen molar-refractivity contribution < 1.29 is 25.8 Å². The Labute approximate surface area is 225 Å². The van der Waals surface area contributed by atoms with Gasteiger partial charge in [-0.2, -0.15) is 10.2 Å². The standard InChI is InChI=1S/C30H26N6.BrH/c1-33-27(21-35-17-5-3-7-29(33)35)25-13-9-23(10-14-25)19-31-32-20-24-11-15-26(16-12-24)28-22-36-18-6-4-8-30(36)34(28)2;/h3-22H,1-2H3;1H/q+2;/p-1/b31-19+,32-20+;. The van der Waals surface area contributed by atoms with Gasteiger partial charge in [-0.1, -0.05) is 36.4 Å². The number of hydrogen-bond donors (Lipinski definition) is 0. The first-order chi connectivity index (χ1) is 17.7. The van der Waals surface area contributed by atoms with Gasteiger partial charge in [-0.3, -0.25) is 0 Å².